The van der Waals surface area contributed by atoms with Gasteiger partial charge in [-0.2, -0.15) is 0 Å². The lowest BCUT2D eigenvalue weighted by Gasteiger charge is -2.30. The van der Waals surface area contributed by atoms with E-state index in [2.05, 4.69) is 61.3 Å². The lowest BCUT2D eigenvalue weighted by atomic mass is 9.93. The van der Waals surface area contributed by atoms with Crippen molar-refractivity contribution in [3.05, 3.63) is 107 Å². The Morgan fingerprint density at radius 2 is 1.76 bits per heavy atom. The molecule has 1 aliphatic carbocycles. The molecule has 1 amide bonds. The zero-order chi connectivity index (χ0) is 35.3. The summed E-state index contributed by atoms with van der Waals surface area (Å²) in [6.07, 6.45) is 12.6. The second-order valence-electron chi connectivity index (χ2n) is 13.6. The van der Waals surface area contributed by atoms with Gasteiger partial charge in [0.25, 0.3) is 5.91 Å². The van der Waals surface area contributed by atoms with Crippen molar-refractivity contribution in [1.82, 2.24) is 0 Å². The summed E-state index contributed by atoms with van der Waals surface area (Å²) in [6.45, 7) is 10.4. The smallest absolute Gasteiger partial charge is 0.251 e. The quantitative estimate of drug-likeness (QED) is 0.110. The topological polar surface area (TPSA) is 88.1 Å². The summed E-state index contributed by atoms with van der Waals surface area (Å²) in [7, 11) is 0. The largest absolute Gasteiger partial charge is 0.491 e. The number of nitrogens with zero attached hydrogens (tertiary/aromatic N) is 1. The molecule has 2 N–H and O–H groups in total. The maximum atomic E-state index is 13.7. The van der Waals surface area contributed by atoms with Crippen LogP contribution in [0.15, 0.2) is 96.1 Å². The molecule has 3 aromatic rings. The van der Waals surface area contributed by atoms with Crippen LogP contribution in [-0.4, -0.2) is 56.3 Å². The molecule has 0 spiro atoms. The number of carbonyl (C=O) groups excluding carboxylic acids is 2. The molecular weight excluding hydrogens is 624 g/mol. The minimum absolute atomic E-state index is 0.0245. The van der Waals surface area contributed by atoms with E-state index >= 15 is 0 Å². The molecule has 0 radical (unpaired) electrons. The molecule has 0 saturated heterocycles. The number of fused-ring (bicyclic) bond motifs is 1. The Labute approximate surface area is 297 Å². The van der Waals surface area contributed by atoms with Gasteiger partial charge >= 0.3 is 0 Å². The number of hydrogen-bond donors (Lipinski definition) is 2. The van der Waals surface area contributed by atoms with Crippen molar-refractivity contribution >= 4 is 29.1 Å². The molecule has 0 fully saturated rings. The number of ketones is 1. The van der Waals surface area contributed by atoms with Gasteiger partial charge < -0.3 is 24.8 Å². The first-order valence-corrected chi connectivity index (χ1v) is 18.2. The Hall–Kier alpha value is -4.46. The summed E-state index contributed by atoms with van der Waals surface area (Å²) < 4.78 is 11.5. The number of benzene rings is 3. The van der Waals surface area contributed by atoms with Gasteiger partial charge in [0.2, 0.25) is 0 Å². The van der Waals surface area contributed by atoms with Gasteiger partial charge in [-0.1, -0.05) is 69.2 Å². The van der Waals surface area contributed by atoms with E-state index in [4.69, 9.17) is 9.47 Å². The van der Waals surface area contributed by atoms with Crippen molar-refractivity contribution in [2.24, 2.45) is 11.8 Å². The Balaban J connectivity index is 1.29. The van der Waals surface area contributed by atoms with Crippen LogP contribution >= 0.6 is 0 Å². The molecule has 1 unspecified atom stereocenters. The highest BCUT2D eigenvalue weighted by atomic mass is 16.5. The summed E-state index contributed by atoms with van der Waals surface area (Å²) in [5, 5.41) is 12.4. The summed E-state index contributed by atoms with van der Waals surface area (Å²) in [5.41, 5.74) is 7.32. The van der Waals surface area contributed by atoms with Crippen molar-refractivity contribution in [2.45, 2.75) is 59.3 Å². The van der Waals surface area contributed by atoms with Crippen LogP contribution in [-0.2, 0) is 9.53 Å². The second kappa shape index (κ2) is 18.5. The van der Waals surface area contributed by atoms with E-state index in [9.17, 15) is 14.7 Å². The predicted molar refractivity (Wildman–Crippen MR) is 204 cm³/mol. The van der Waals surface area contributed by atoms with Gasteiger partial charge in [-0.15, -0.1) is 0 Å². The van der Waals surface area contributed by atoms with E-state index in [-0.39, 0.29) is 24.2 Å². The minimum atomic E-state index is -0.132. The fraction of sp³-hybridized carbons (Fsp3) is 0.395. The number of rotatable bonds is 17. The van der Waals surface area contributed by atoms with Crippen LogP contribution in [0.5, 0.6) is 5.75 Å². The molecule has 0 saturated carbocycles. The highest BCUT2D eigenvalue weighted by Gasteiger charge is 2.21. The summed E-state index contributed by atoms with van der Waals surface area (Å²) in [6, 6.07) is 21.8. The molecule has 1 heterocycles. The number of unbranched alkanes of at least 4 members (excludes halogenated alkanes) is 1. The third kappa shape index (κ3) is 10.3. The monoisotopic (exact) mass is 676 g/mol. The van der Waals surface area contributed by atoms with Crippen LogP contribution in [0, 0.1) is 11.8 Å². The van der Waals surface area contributed by atoms with E-state index in [0.29, 0.717) is 49.6 Å². The molecule has 0 bridgehead atoms. The molecule has 7 nitrogen and oxygen atoms in total. The molecule has 2 aliphatic rings. The third-order valence-corrected chi connectivity index (χ3v) is 9.18. The van der Waals surface area contributed by atoms with Crippen molar-refractivity contribution < 1.29 is 24.2 Å². The molecule has 0 aromatic heterocycles. The Bertz CT molecular complexity index is 1670. The van der Waals surface area contributed by atoms with E-state index < -0.39 is 0 Å². The van der Waals surface area contributed by atoms with E-state index in [1.54, 1.807) is 24.3 Å². The van der Waals surface area contributed by atoms with Gasteiger partial charge in [-0.3, -0.25) is 9.59 Å². The number of allylic oxidation sites excluding steroid dienone is 4. The fourth-order valence-electron chi connectivity index (χ4n) is 6.51. The molecule has 50 heavy (non-hydrogen) atoms. The zero-order valence-electron chi connectivity index (χ0n) is 29.8. The number of carbonyl (C=O) groups is 2. The third-order valence-electron chi connectivity index (χ3n) is 9.18. The number of nitrogens with one attached hydrogen (secondary N) is 1. The molecule has 7 heteroatoms. The van der Waals surface area contributed by atoms with Gasteiger partial charge in [0.05, 0.1) is 6.61 Å². The summed E-state index contributed by atoms with van der Waals surface area (Å²) >= 11 is 0. The first-order valence-electron chi connectivity index (χ1n) is 18.2. The van der Waals surface area contributed by atoms with Crippen LogP contribution in [0.25, 0.3) is 17.2 Å². The van der Waals surface area contributed by atoms with Crippen LogP contribution in [0.1, 0.15) is 75.2 Å². The van der Waals surface area contributed by atoms with Crippen LogP contribution in [0.2, 0.25) is 0 Å². The number of aliphatic hydroxyl groups excluding tert-OH is 1. The Morgan fingerprint density at radius 1 is 0.980 bits per heavy atom. The number of hydrogen-bond acceptors (Lipinski definition) is 6. The first kappa shape index (κ1) is 36.8. The molecule has 1 aliphatic heterocycles. The Morgan fingerprint density at radius 3 is 2.50 bits per heavy atom. The molecule has 3 aromatic carbocycles. The van der Waals surface area contributed by atoms with Crippen LogP contribution in [0.4, 0.5) is 11.4 Å². The van der Waals surface area contributed by atoms with Crippen molar-refractivity contribution in [2.75, 3.05) is 49.7 Å². The summed E-state index contributed by atoms with van der Waals surface area (Å²) in [5.74, 6) is 1.32. The summed E-state index contributed by atoms with van der Waals surface area (Å²) in [4.78, 5) is 29.1. The van der Waals surface area contributed by atoms with Gasteiger partial charge in [0.15, 0.2) is 5.78 Å². The average Bonchev–Trinajstić information content (AvgIpc) is 3.54. The minimum Gasteiger partial charge on any atom is -0.491 e. The highest BCUT2D eigenvalue weighted by Crippen LogP contribution is 2.33. The van der Waals surface area contributed by atoms with Gasteiger partial charge in [-0.05, 0) is 103 Å². The maximum Gasteiger partial charge on any atom is 0.251 e. The van der Waals surface area contributed by atoms with E-state index in [0.717, 1.165) is 78.2 Å². The number of ether oxygens (including phenoxy) is 2. The number of anilines is 2. The normalized spacial score (nSPS) is 16.7. The van der Waals surface area contributed by atoms with Gasteiger partial charge in [0, 0.05) is 61.2 Å². The number of amides is 1. The zero-order valence-corrected chi connectivity index (χ0v) is 29.8. The van der Waals surface area contributed by atoms with Crippen LogP contribution in [0.3, 0.4) is 0 Å². The van der Waals surface area contributed by atoms with Crippen LogP contribution < -0.4 is 15.0 Å². The van der Waals surface area contributed by atoms with Gasteiger partial charge in [-0.25, -0.2) is 0 Å². The van der Waals surface area contributed by atoms with Crippen molar-refractivity contribution in [3.63, 3.8) is 0 Å². The average molecular weight is 677 g/mol. The predicted octanol–water partition coefficient (Wildman–Crippen LogP) is 8.90. The van der Waals surface area contributed by atoms with E-state index in [1.807, 2.05) is 36.4 Å². The second-order valence-corrected chi connectivity index (χ2v) is 13.6. The lowest BCUT2D eigenvalue weighted by Crippen LogP contribution is -2.30. The lowest BCUT2D eigenvalue weighted by molar-refractivity contribution is -0.112. The molecular formula is C43H52N2O5. The number of Topliss-reactive ketones (excluding diaryl/α,β-unsaturated/α-hetero) is 1. The maximum absolute atomic E-state index is 13.7. The number of aliphatic hydroxyl groups is 1. The fourth-order valence-corrected chi connectivity index (χ4v) is 6.51. The molecule has 5 rings (SSSR count). The molecule has 1 atom stereocenters. The Kier molecular flexibility index (Phi) is 13.6. The SMILES string of the molecule is CCCCOCCOc1ccc(-c2ccc3c(c2)/C=C(/C(=O)Nc2ccc(C(=O)CC4=CC=CC4CCO)cc2)CCCN3CC(C)C)cc1. The molecule has 264 valence electrons. The van der Waals surface area contributed by atoms with Crippen molar-refractivity contribution in [3.8, 4) is 16.9 Å². The van der Waals surface area contributed by atoms with E-state index in [1.165, 1.54) is 0 Å². The van der Waals surface area contributed by atoms with Crippen molar-refractivity contribution in [1.29, 1.82) is 0 Å². The standard InChI is InChI=1S/C43H52N2O5/c1-4-5-24-49-25-26-50-40-18-13-33(14-19-40)36-15-20-41-38(27-36)28-37(10-7-22-45(41)30-31(2)3)43(48)44-39-16-11-34(12-17-39)42(47)29-35-9-6-8-32(35)21-23-46/h6,8-9,11-20,27-28,31-32,46H,4-5,7,10,21-26,29-30H2,1-3H3,(H,44,48)/b37-28+. The highest BCUT2D eigenvalue weighted by molar-refractivity contribution is 6.07. The van der Waals surface area contributed by atoms with Gasteiger partial charge in [0.1, 0.15) is 12.4 Å². The first-order chi connectivity index (χ1) is 24.3.